The second-order valence-corrected chi connectivity index (χ2v) is 3.06. The standard InChI is InChI=1S/C9H3F6NO2/c10-8(11,12)6(17)4-2-1-3-5(16-4)7(18)9(13,14)15/h1-3H. The number of rotatable bonds is 2. The number of hydrogen-bond acceptors (Lipinski definition) is 3. The molecule has 1 aromatic heterocycles. The molecule has 0 aliphatic carbocycles. The predicted octanol–water partition coefficient (Wildman–Crippen LogP) is 2.57. The van der Waals surface area contributed by atoms with E-state index < -0.39 is 35.3 Å². The van der Waals surface area contributed by atoms with Gasteiger partial charge in [0.25, 0.3) is 11.6 Å². The summed E-state index contributed by atoms with van der Waals surface area (Å²) in [5.41, 5.74) is -2.53. The van der Waals surface area contributed by atoms with Gasteiger partial charge >= 0.3 is 12.4 Å². The first-order chi connectivity index (χ1) is 8.03. The van der Waals surface area contributed by atoms with Crippen LogP contribution in [0.15, 0.2) is 18.2 Å². The zero-order chi connectivity index (χ0) is 14.1. The topological polar surface area (TPSA) is 47.0 Å². The van der Waals surface area contributed by atoms with Crippen LogP contribution in [0, 0.1) is 0 Å². The molecule has 0 aliphatic heterocycles. The Labute approximate surface area is 95.4 Å². The van der Waals surface area contributed by atoms with Gasteiger partial charge in [0, 0.05) is 0 Å². The zero-order valence-electron chi connectivity index (χ0n) is 8.26. The fourth-order valence-electron chi connectivity index (χ4n) is 0.978. The summed E-state index contributed by atoms with van der Waals surface area (Å²) in [6.07, 6.45) is -10.5. The number of carbonyl (C=O) groups is 2. The highest BCUT2D eigenvalue weighted by Crippen LogP contribution is 2.23. The third-order valence-electron chi connectivity index (χ3n) is 1.73. The molecule has 0 unspecified atom stereocenters. The first-order valence-corrected chi connectivity index (χ1v) is 4.23. The molecule has 1 heterocycles. The number of halogens is 6. The quantitative estimate of drug-likeness (QED) is 0.613. The molecule has 0 saturated carbocycles. The van der Waals surface area contributed by atoms with Crippen molar-refractivity contribution < 1.29 is 35.9 Å². The van der Waals surface area contributed by atoms with Gasteiger partial charge in [-0.1, -0.05) is 6.07 Å². The number of carbonyl (C=O) groups excluding carboxylic acids is 2. The molecule has 0 radical (unpaired) electrons. The van der Waals surface area contributed by atoms with Gasteiger partial charge in [-0.05, 0) is 12.1 Å². The van der Waals surface area contributed by atoms with Crippen molar-refractivity contribution in [1.82, 2.24) is 4.98 Å². The van der Waals surface area contributed by atoms with Gasteiger partial charge in [0.05, 0.1) is 0 Å². The molecule has 0 saturated heterocycles. The highest BCUT2D eigenvalue weighted by Gasteiger charge is 2.43. The summed E-state index contributed by atoms with van der Waals surface area (Å²) in [4.78, 5) is 24.2. The molecule has 9 heteroatoms. The molecule has 3 nitrogen and oxygen atoms in total. The number of alkyl halides is 6. The number of aromatic nitrogens is 1. The molecule has 0 fully saturated rings. The molecule has 0 bridgehead atoms. The molecule has 0 N–H and O–H groups in total. The predicted molar refractivity (Wildman–Crippen MR) is 45.0 cm³/mol. The van der Waals surface area contributed by atoms with E-state index in [1.54, 1.807) is 0 Å². The summed E-state index contributed by atoms with van der Waals surface area (Å²) in [6.45, 7) is 0. The Morgan fingerprint density at radius 1 is 0.833 bits per heavy atom. The van der Waals surface area contributed by atoms with Crippen molar-refractivity contribution in [3.63, 3.8) is 0 Å². The molecule has 0 spiro atoms. The second-order valence-electron chi connectivity index (χ2n) is 3.06. The van der Waals surface area contributed by atoms with Crippen LogP contribution < -0.4 is 0 Å². The van der Waals surface area contributed by atoms with Gasteiger partial charge < -0.3 is 0 Å². The molecular weight excluding hydrogens is 268 g/mol. The average molecular weight is 271 g/mol. The lowest BCUT2D eigenvalue weighted by atomic mass is 10.2. The van der Waals surface area contributed by atoms with Crippen molar-refractivity contribution in [2.45, 2.75) is 12.4 Å². The Kier molecular flexibility index (Phi) is 3.45. The van der Waals surface area contributed by atoms with Crippen LogP contribution in [0.25, 0.3) is 0 Å². The molecule has 0 aromatic carbocycles. The Morgan fingerprint density at radius 3 is 1.44 bits per heavy atom. The lowest BCUT2D eigenvalue weighted by molar-refractivity contribution is -0.0893. The van der Waals surface area contributed by atoms with Crippen LogP contribution in [0.2, 0.25) is 0 Å². The first-order valence-electron chi connectivity index (χ1n) is 4.23. The van der Waals surface area contributed by atoms with Crippen molar-refractivity contribution in [3.05, 3.63) is 29.6 Å². The number of nitrogens with zero attached hydrogens (tertiary/aromatic N) is 1. The minimum Gasteiger partial charge on any atom is -0.282 e. The summed E-state index contributed by atoms with van der Waals surface area (Å²) in [5, 5.41) is 0. The summed E-state index contributed by atoms with van der Waals surface area (Å²) < 4.78 is 72.0. The van der Waals surface area contributed by atoms with E-state index in [1.807, 2.05) is 0 Å². The lowest BCUT2D eigenvalue weighted by Gasteiger charge is -2.07. The van der Waals surface area contributed by atoms with E-state index in [0.29, 0.717) is 18.2 Å². The van der Waals surface area contributed by atoms with Crippen LogP contribution >= 0.6 is 0 Å². The van der Waals surface area contributed by atoms with Crippen LogP contribution in [0.5, 0.6) is 0 Å². The van der Waals surface area contributed by atoms with Crippen molar-refractivity contribution in [3.8, 4) is 0 Å². The van der Waals surface area contributed by atoms with Crippen molar-refractivity contribution in [1.29, 1.82) is 0 Å². The number of hydrogen-bond donors (Lipinski definition) is 0. The number of ketones is 2. The maximum atomic E-state index is 12.0. The van der Waals surface area contributed by atoms with E-state index in [9.17, 15) is 35.9 Å². The highest BCUT2D eigenvalue weighted by atomic mass is 19.4. The molecule has 1 aromatic rings. The van der Waals surface area contributed by atoms with Gasteiger partial charge in [-0.2, -0.15) is 26.3 Å². The van der Waals surface area contributed by atoms with E-state index in [4.69, 9.17) is 0 Å². The van der Waals surface area contributed by atoms with Gasteiger partial charge in [-0.15, -0.1) is 0 Å². The SMILES string of the molecule is O=C(c1cccc(C(=O)C(F)(F)F)n1)C(F)(F)F. The minimum absolute atomic E-state index is 0.572. The van der Waals surface area contributed by atoms with Gasteiger partial charge in [0.1, 0.15) is 11.4 Å². The second kappa shape index (κ2) is 4.39. The monoisotopic (exact) mass is 271 g/mol. The Balaban J connectivity index is 3.16. The molecule has 1 rings (SSSR count). The minimum atomic E-state index is -5.27. The van der Waals surface area contributed by atoms with E-state index >= 15 is 0 Å². The molecule has 98 valence electrons. The first kappa shape index (κ1) is 14.1. The zero-order valence-corrected chi connectivity index (χ0v) is 8.26. The van der Waals surface area contributed by atoms with E-state index in [0.717, 1.165) is 0 Å². The van der Waals surface area contributed by atoms with E-state index in [1.165, 1.54) is 0 Å². The van der Waals surface area contributed by atoms with Gasteiger partial charge in [-0.25, -0.2) is 4.98 Å². The highest BCUT2D eigenvalue weighted by molar-refractivity contribution is 6.02. The van der Waals surface area contributed by atoms with Crippen LogP contribution in [0.4, 0.5) is 26.3 Å². The maximum absolute atomic E-state index is 12.0. The lowest BCUT2D eigenvalue weighted by Crippen LogP contribution is -2.27. The van der Waals surface area contributed by atoms with Crippen molar-refractivity contribution in [2.75, 3.05) is 0 Å². The summed E-state index contributed by atoms with van der Waals surface area (Å²) >= 11 is 0. The fraction of sp³-hybridized carbons (Fsp3) is 0.222. The van der Waals surface area contributed by atoms with Crippen molar-refractivity contribution in [2.24, 2.45) is 0 Å². The van der Waals surface area contributed by atoms with Crippen LogP contribution in [-0.4, -0.2) is 28.9 Å². The van der Waals surface area contributed by atoms with E-state index in [-0.39, 0.29) is 0 Å². The number of Topliss-reactive ketones (excluding diaryl/α,β-unsaturated/α-hetero) is 2. The van der Waals surface area contributed by atoms with Gasteiger partial charge in [0.15, 0.2) is 0 Å². The van der Waals surface area contributed by atoms with Crippen LogP contribution in [0.3, 0.4) is 0 Å². The number of pyridine rings is 1. The summed E-state index contributed by atoms with van der Waals surface area (Å²) in [5.74, 6) is -4.83. The van der Waals surface area contributed by atoms with Crippen molar-refractivity contribution >= 4 is 11.6 Å². The fourth-order valence-corrected chi connectivity index (χ4v) is 0.978. The molecule has 0 amide bonds. The van der Waals surface area contributed by atoms with Crippen LogP contribution in [0.1, 0.15) is 21.0 Å². The van der Waals surface area contributed by atoms with Crippen LogP contribution in [-0.2, 0) is 0 Å². The Bertz CT molecular complexity index is 449. The maximum Gasteiger partial charge on any atom is 0.456 e. The summed E-state index contributed by atoms with van der Waals surface area (Å²) in [6, 6.07) is 1.86. The largest absolute Gasteiger partial charge is 0.456 e. The van der Waals surface area contributed by atoms with E-state index in [2.05, 4.69) is 4.98 Å². The Hall–Kier alpha value is -1.93. The smallest absolute Gasteiger partial charge is 0.282 e. The average Bonchev–Trinajstić information content (AvgIpc) is 2.24. The third kappa shape index (κ3) is 3.05. The molecule has 0 aliphatic rings. The Morgan fingerprint density at radius 2 is 1.17 bits per heavy atom. The van der Waals surface area contributed by atoms with Gasteiger partial charge in [0.2, 0.25) is 0 Å². The molecular formula is C9H3F6NO2. The molecule has 18 heavy (non-hydrogen) atoms. The van der Waals surface area contributed by atoms with Gasteiger partial charge in [-0.3, -0.25) is 9.59 Å². The normalized spacial score (nSPS) is 12.3. The summed E-state index contributed by atoms with van der Waals surface area (Å²) in [7, 11) is 0. The molecule has 0 atom stereocenters. The third-order valence-corrected chi connectivity index (χ3v) is 1.73.